The van der Waals surface area contributed by atoms with E-state index in [1.807, 2.05) is 0 Å². The normalized spacial score (nSPS) is 15.2. The summed E-state index contributed by atoms with van der Waals surface area (Å²) in [6.45, 7) is 1.23. The zero-order chi connectivity index (χ0) is 17.9. The molecule has 8 heteroatoms. The van der Waals surface area contributed by atoms with E-state index in [2.05, 4.69) is 10.6 Å². The molecular weight excluding hydrogens is 312 g/mol. The van der Waals surface area contributed by atoms with Gasteiger partial charge in [-0.1, -0.05) is 12.8 Å². The fourth-order valence-electron chi connectivity index (χ4n) is 1.97. The maximum Gasteiger partial charge on any atom is 0.309 e. The molecule has 6 N–H and O–H groups in total. The van der Waals surface area contributed by atoms with Crippen LogP contribution >= 0.6 is 0 Å². The van der Waals surface area contributed by atoms with Crippen LogP contribution in [0.1, 0.15) is 46.4 Å². The molecule has 1 aromatic rings. The van der Waals surface area contributed by atoms with Crippen molar-refractivity contribution >= 4 is 23.6 Å². The molecule has 1 aliphatic heterocycles. The highest BCUT2D eigenvalue weighted by Gasteiger charge is 2.12. The number of benzene rings is 1. The van der Waals surface area contributed by atoms with Crippen molar-refractivity contribution in [3.8, 4) is 0 Å². The second-order valence-corrected chi connectivity index (χ2v) is 5.23. The molecule has 0 atom stereocenters. The van der Waals surface area contributed by atoms with E-state index in [1.165, 1.54) is 24.3 Å². The number of carbonyl (C=O) groups is 4. The number of carbonyl (C=O) groups excluding carboxylic acids is 4. The third-order valence-electron chi connectivity index (χ3n) is 3.33. The maximum atomic E-state index is 10.9. The molecule has 0 radical (unpaired) electrons. The summed E-state index contributed by atoms with van der Waals surface area (Å²) in [4.78, 5) is 43.0. The van der Waals surface area contributed by atoms with E-state index in [0.29, 0.717) is 24.2 Å². The maximum absolute atomic E-state index is 10.9. The Morgan fingerprint density at radius 3 is 1.33 bits per heavy atom. The lowest BCUT2D eigenvalue weighted by atomic mass is 10.1. The van der Waals surface area contributed by atoms with Gasteiger partial charge in [0.2, 0.25) is 11.8 Å². The van der Waals surface area contributed by atoms with E-state index in [1.54, 1.807) is 0 Å². The van der Waals surface area contributed by atoms with Crippen LogP contribution in [0.15, 0.2) is 24.3 Å². The number of hydrogen-bond donors (Lipinski definition) is 4. The second-order valence-electron chi connectivity index (χ2n) is 5.23. The minimum absolute atomic E-state index is 0.361. The number of hydrogen-bond acceptors (Lipinski definition) is 4. The Kier molecular flexibility index (Phi) is 7.97. The third-order valence-corrected chi connectivity index (χ3v) is 3.33. The first-order chi connectivity index (χ1) is 11.4. The van der Waals surface area contributed by atoms with Gasteiger partial charge in [-0.15, -0.1) is 0 Å². The molecule has 1 fully saturated rings. The van der Waals surface area contributed by atoms with Crippen molar-refractivity contribution in [2.24, 2.45) is 11.5 Å². The van der Waals surface area contributed by atoms with Gasteiger partial charge in [0.25, 0.3) is 0 Å². The molecule has 130 valence electrons. The second kappa shape index (κ2) is 9.98. The molecular formula is C16H22N4O4. The average Bonchev–Trinajstić information content (AvgIpc) is 2.57. The van der Waals surface area contributed by atoms with E-state index in [-0.39, 0.29) is 0 Å². The van der Waals surface area contributed by atoms with Crippen molar-refractivity contribution < 1.29 is 19.2 Å². The summed E-state index contributed by atoms with van der Waals surface area (Å²) < 4.78 is 0. The molecule has 24 heavy (non-hydrogen) atoms. The van der Waals surface area contributed by atoms with E-state index < -0.39 is 23.6 Å². The fourth-order valence-corrected chi connectivity index (χ4v) is 1.97. The smallest absolute Gasteiger partial charge is 0.309 e. The molecule has 1 heterocycles. The first-order valence-corrected chi connectivity index (χ1v) is 7.67. The Balaban J connectivity index is 0.000000240. The molecule has 0 unspecified atom stereocenters. The lowest BCUT2D eigenvalue weighted by Gasteiger charge is -2.09. The van der Waals surface area contributed by atoms with Crippen LogP contribution < -0.4 is 22.1 Å². The van der Waals surface area contributed by atoms with Gasteiger partial charge in [0.1, 0.15) is 0 Å². The van der Waals surface area contributed by atoms with E-state index in [0.717, 1.165) is 25.7 Å². The van der Waals surface area contributed by atoms with Crippen LogP contribution in [0, 0.1) is 0 Å². The lowest BCUT2D eigenvalue weighted by Crippen LogP contribution is -2.41. The molecule has 8 nitrogen and oxygen atoms in total. The van der Waals surface area contributed by atoms with Crippen molar-refractivity contribution in [1.29, 1.82) is 0 Å². The summed E-state index contributed by atoms with van der Waals surface area (Å²) in [5.74, 6) is -2.05. The topological polar surface area (TPSA) is 144 Å². The molecule has 1 saturated heterocycles. The molecule has 4 amide bonds. The number of primary amides is 2. The number of amides is 4. The Morgan fingerprint density at radius 1 is 0.708 bits per heavy atom. The van der Waals surface area contributed by atoms with Crippen molar-refractivity contribution in [2.45, 2.75) is 25.7 Å². The standard InChI is InChI=1S/C8H8N2O2.C8H14N2O2/c9-7(11)5-1-2-6(4-3-5)8(10)12;11-7-8(12)10-6-4-2-1-3-5-9-7/h1-4H,(H2,9,11)(H2,10,12);1-6H2,(H,9,11)(H,10,12). The van der Waals surface area contributed by atoms with Gasteiger partial charge in [-0.3, -0.25) is 19.2 Å². The largest absolute Gasteiger partial charge is 0.366 e. The van der Waals surface area contributed by atoms with Crippen LogP contribution in [0.5, 0.6) is 0 Å². The van der Waals surface area contributed by atoms with Gasteiger partial charge in [0.15, 0.2) is 0 Å². The molecule has 0 aliphatic carbocycles. The quantitative estimate of drug-likeness (QED) is 0.549. The summed E-state index contributed by atoms with van der Waals surface area (Å²) in [5.41, 5.74) is 10.7. The molecule has 0 aromatic heterocycles. The fraction of sp³-hybridized carbons (Fsp3) is 0.375. The third kappa shape index (κ3) is 6.91. The van der Waals surface area contributed by atoms with Crippen molar-refractivity contribution in [3.63, 3.8) is 0 Å². The predicted molar refractivity (Wildman–Crippen MR) is 88.0 cm³/mol. The first-order valence-electron chi connectivity index (χ1n) is 7.67. The van der Waals surface area contributed by atoms with Gasteiger partial charge >= 0.3 is 11.8 Å². The number of rotatable bonds is 2. The minimum atomic E-state index is -0.522. The molecule has 1 aliphatic rings. The highest BCUT2D eigenvalue weighted by Crippen LogP contribution is 2.02. The molecule has 2 rings (SSSR count). The molecule has 0 bridgehead atoms. The van der Waals surface area contributed by atoms with Gasteiger partial charge in [0.05, 0.1) is 0 Å². The minimum Gasteiger partial charge on any atom is -0.366 e. The van der Waals surface area contributed by atoms with Crippen molar-refractivity contribution in [2.75, 3.05) is 13.1 Å². The summed E-state index contributed by atoms with van der Waals surface area (Å²) in [6.07, 6.45) is 4.18. The number of nitrogens with one attached hydrogen (secondary N) is 2. The van der Waals surface area contributed by atoms with Crippen LogP contribution in [-0.4, -0.2) is 36.7 Å². The van der Waals surface area contributed by atoms with Gasteiger partial charge in [-0.2, -0.15) is 0 Å². The van der Waals surface area contributed by atoms with E-state index in [9.17, 15) is 19.2 Å². The van der Waals surface area contributed by atoms with Crippen LogP contribution in [-0.2, 0) is 9.59 Å². The van der Waals surface area contributed by atoms with Crippen LogP contribution in [0.4, 0.5) is 0 Å². The van der Waals surface area contributed by atoms with Crippen LogP contribution in [0.3, 0.4) is 0 Å². The Bertz CT molecular complexity index is 546. The Morgan fingerprint density at radius 2 is 1.04 bits per heavy atom. The zero-order valence-electron chi connectivity index (χ0n) is 13.3. The predicted octanol–water partition coefficient (Wildman–Crippen LogP) is -0.323. The Hall–Kier alpha value is -2.90. The number of nitrogens with two attached hydrogens (primary N) is 2. The van der Waals surface area contributed by atoms with Gasteiger partial charge in [-0.25, -0.2) is 0 Å². The van der Waals surface area contributed by atoms with Crippen LogP contribution in [0.25, 0.3) is 0 Å². The highest BCUT2D eigenvalue weighted by atomic mass is 16.2. The zero-order valence-corrected chi connectivity index (χ0v) is 13.3. The van der Waals surface area contributed by atoms with Crippen molar-refractivity contribution in [1.82, 2.24) is 10.6 Å². The van der Waals surface area contributed by atoms with Crippen molar-refractivity contribution in [3.05, 3.63) is 35.4 Å². The highest BCUT2D eigenvalue weighted by molar-refractivity contribution is 6.35. The average molecular weight is 334 g/mol. The molecule has 0 spiro atoms. The SMILES string of the molecule is NC(=O)c1ccc(C(N)=O)cc1.O=C1NCCCCCCNC1=O. The summed E-state index contributed by atoms with van der Waals surface area (Å²) in [7, 11) is 0. The monoisotopic (exact) mass is 334 g/mol. The van der Waals surface area contributed by atoms with E-state index in [4.69, 9.17) is 11.5 Å². The van der Waals surface area contributed by atoms with E-state index >= 15 is 0 Å². The Labute approximate surface area is 140 Å². The lowest BCUT2D eigenvalue weighted by molar-refractivity contribution is -0.139. The molecule has 1 aromatic carbocycles. The molecule has 0 saturated carbocycles. The summed E-state index contributed by atoms with van der Waals surface area (Å²) in [5, 5.41) is 5.10. The first kappa shape index (κ1) is 19.1. The van der Waals surface area contributed by atoms with Crippen LogP contribution in [0.2, 0.25) is 0 Å². The van der Waals surface area contributed by atoms with Gasteiger partial charge < -0.3 is 22.1 Å². The summed E-state index contributed by atoms with van der Waals surface area (Å²) in [6, 6.07) is 5.84. The summed E-state index contributed by atoms with van der Waals surface area (Å²) >= 11 is 0. The van der Waals surface area contributed by atoms with Gasteiger partial charge in [0, 0.05) is 24.2 Å². The van der Waals surface area contributed by atoms with Gasteiger partial charge in [-0.05, 0) is 37.1 Å².